The fourth-order valence-electron chi connectivity index (χ4n) is 1.14. The first kappa shape index (κ1) is 9.01. The van der Waals surface area contributed by atoms with Gasteiger partial charge in [-0.1, -0.05) is 0 Å². The minimum Gasteiger partial charge on any atom is -0.478 e. The molecule has 6 heteroatoms. The summed E-state index contributed by atoms with van der Waals surface area (Å²) in [4.78, 5) is 23.9. The second kappa shape index (κ2) is 2.98. The highest BCUT2D eigenvalue weighted by Crippen LogP contribution is 2.23. The van der Waals surface area contributed by atoms with Crippen LogP contribution in [0, 0.1) is 0 Å². The molecule has 0 radical (unpaired) electrons. The fraction of sp³-hybridized carbons (Fsp3) is 0. The molecule has 0 aliphatic heterocycles. The number of rotatable bonds is 1. The van der Waals surface area contributed by atoms with E-state index in [9.17, 15) is 9.59 Å². The summed E-state index contributed by atoms with van der Waals surface area (Å²) in [6.07, 6.45) is 0. The minimum absolute atomic E-state index is 0.0847. The number of benzene rings is 1. The molecule has 0 aliphatic carbocycles. The van der Waals surface area contributed by atoms with Gasteiger partial charge < -0.3 is 9.52 Å². The van der Waals surface area contributed by atoms with Crippen LogP contribution in [-0.4, -0.2) is 16.1 Å². The van der Waals surface area contributed by atoms with Crippen molar-refractivity contribution in [1.29, 1.82) is 0 Å². The maximum absolute atomic E-state index is 10.8. The van der Waals surface area contributed by atoms with Crippen LogP contribution in [0.25, 0.3) is 11.1 Å². The van der Waals surface area contributed by atoms with Crippen molar-refractivity contribution in [3.05, 3.63) is 32.7 Å². The molecule has 2 rings (SSSR count). The van der Waals surface area contributed by atoms with Gasteiger partial charge in [-0.05, 0) is 28.1 Å². The zero-order chi connectivity index (χ0) is 10.3. The first-order chi connectivity index (χ1) is 6.58. The quantitative estimate of drug-likeness (QED) is 0.813. The number of H-pyrrole nitrogens is 1. The van der Waals surface area contributed by atoms with E-state index in [-0.39, 0.29) is 5.56 Å². The average Bonchev–Trinajstić information content (AvgIpc) is 2.45. The Balaban J connectivity index is 2.84. The molecule has 0 aliphatic rings. The first-order valence-corrected chi connectivity index (χ1v) is 4.43. The van der Waals surface area contributed by atoms with E-state index in [0.717, 1.165) is 0 Å². The van der Waals surface area contributed by atoms with Crippen LogP contribution in [0.5, 0.6) is 0 Å². The lowest BCUT2D eigenvalue weighted by molar-refractivity contribution is 0.0697. The number of hydrogen-bond donors (Lipinski definition) is 2. The van der Waals surface area contributed by atoms with E-state index in [1.54, 1.807) is 0 Å². The fourth-order valence-corrected chi connectivity index (χ4v) is 1.68. The zero-order valence-electron chi connectivity index (χ0n) is 6.70. The molecule has 1 aromatic heterocycles. The van der Waals surface area contributed by atoms with Crippen molar-refractivity contribution in [3.8, 4) is 0 Å². The van der Waals surface area contributed by atoms with Crippen LogP contribution in [-0.2, 0) is 0 Å². The van der Waals surface area contributed by atoms with Gasteiger partial charge in [0, 0.05) is 0 Å². The Kier molecular flexibility index (Phi) is 1.92. The second-order valence-electron chi connectivity index (χ2n) is 2.65. The third-order valence-electron chi connectivity index (χ3n) is 1.72. The van der Waals surface area contributed by atoms with Crippen molar-refractivity contribution in [2.24, 2.45) is 0 Å². The van der Waals surface area contributed by atoms with Gasteiger partial charge in [0.1, 0.15) is 0 Å². The largest absolute Gasteiger partial charge is 0.478 e. The minimum atomic E-state index is -1.06. The maximum atomic E-state index is 10.8. The number of nitrogens with one attached hydrogen (secondary N) is 1. The van der Waals surface area contributed by atoms with Gasteiger partial charge in [-0.25, -0.2) is 9.59 Å². The lowest BCUT2D eigenvalue weighted by atomic mass is 10.2. The van der Waals surface area contributed by atoms with Gasteiger partial charge in [-0.15, -0.1) is 0 Å². The van der Waals surface area contributed by atoms with Gasteiger partial charge in [0.15, 0.2) is 5.58 Å². The number of fused-ring (bicyclic) bond motifs is 1. The Morgan fingerprint density at radius 3 is 2.86 bits per heavy atom. The Labute approximate surface area is 85.5 Å². The van der Waals surface area contributed by atoms with E-state index in [0.29, 0.717) is 15.6 Å². The number of halogens is 1. The van der Waals surface area contributed by atoms with E-state index >= 15 is 0 Å². The summed E-state index contributed by atoms with van der Waals surface area (Å²) in [7, 11) is 0. The molecule has 0 fully saturated rings. The normalized spacial score (nSPS) is 10.6. The van der Waals surface area contributed by atoms with Crippen LogP contribution in [0.2, 0.25) is 0 Å². The van der Waals surface area contributed by atoms with Gasteiger partial charge >= 0.3 is 11.7 Å². The summed E-state index contributed by atoms with van der Waals surface area (Å²) in [5, 5.41) is 8.73. The molecule has 1 heterocycles. The predicted octanol–water partition coefficient (Wildman–Crippen LogP) is 1.58. The predicted molar refractivity (Wildman–Crippen MR) is 51.5 cm³/mol. The molecule has 2 aromatic rings. The maximum Gasteiger partial charge on any atom is 0.417 e. The molecule has 0 amide bonds. The van der Waals surface area contributed by atoms with Crippen molar-refractivity contribution in [3.63, 3.8) is 0 Å². The molecular formula is C8H4BrNO4. The summed E-state index contributed by atoms with van der Waals surface area (Å²) in [5.74, 6) is -1.67. The van der Waals surface area contributed by atoms with Gasteiger partial charge in [0.2, 0.25) is 0 Å². The lowest BCUT2D eigenvalue weighted by Crippen LogP contribution is -1.96. The topological polar surface area (TPSA) is 83.3 Å². The molecule has 0 saturated carbocycles. The summed E-state index contributed by atoms with van der Waals surface area (Å²) in [6.45, 7) is 0. The average molecular weight is 258 g/mol. The molecule has 72 valence electrons. The molecule has 5 nitrogen and oxygen atoms in total. The van der Waals surface area contributed by atoms with Crippen molar-refractivity contribution >= 4 is 33.0 Å². The monoisotopic (exact) mass is 257 g/mol. The highest BCUT2D eigenvalue weighted by atomic mass is 79.9. The Hall–Kier alpha value is -1.56. The second-order valence-corrected chi connectivity index (χ2v) is 3.51. The molecular weight excluding hydrogens is 254 g/mol. The number of carboxylic acids is 1. The first-order valence-electron chi connectivity index (χ1n) is 3.63. The number of aromatic amines is 1. The molecule has 1 aromatic carbocycles. The lowest BCUT2D eigenvalue weighted by Gasteiger charge is -1.95. The summed E-state index contributed by atoms with van der Waals surface area (Å²) < 4.78 is 5.22. The van der Waals surface area contributed by atoms with E-state index in [2.05, 4.69) is 20.9 Å². The van der Waals surface area contributed by atoms with E-state index in [1.165, 1.54) is 12.1 Å². The summed E-state index contributed by atoms with van der Waals surface area (Å²) in [5.41, 5.74) is 0.767. The van der Waals surface area contributed by atoms with E-state index in [1.807, 2.05) is 0 Å². The van der Waals surface area contributed by atoms with Crippen molar-refractivity contribution in [2.45, 2.75) is 0 Å². The highest BCUT2D eigenvalue weighted by Gasteiger charge is 2.11. The summed E-state index contributed by atoms with van der Waals surface area (Å²) in [6, 6.07) is 2.72. The van der Waals surface area contributed by atoms with Gasteiger partial charge in [0.25, 0.3) is 0 Å². The SMILES string of the molecule is O=C(O)c1cc(Br)c2oc(=O)[nH]c2c1. The highest BCUT2D eigenvalue weighted by molar-refractivity contribution is 9.10. The van der Waals surface area contributed by atoms with Crippen LogP contribution >= 0.6 is 15.9 Å². The van der Waals surface area contributed by atoms with Crippen LogP contribution < -0.4 is 5.76 Å². The molecule has 0 unspecified atom stereocenters. The van der Waals surface area contributed by atoms with E-state index < -0.39 is 11.7 Å². The van der Waals surface area contributed by atoms with Crippen LogP contribution in [0.1, 0.15) is 10.4 Å². The number of hydrogen-bond acceptors (Lipinski definition) is 3. The van der Waals surface area contributed by atoms with Crippen molar-refractivity contribution in [2.75, 3.05) is 0 Å². The Morgan fingerprint density at radius 2 is 2.21 bits per heavy atom. The molecule has 0 spiro atoms. The van der Waals surface area contributed by atoms with Gasteiger partial charge in [-0.3, -0.25) is 4.98 Å². The van der Waals surface area contributed by atoms with Crippen LogP contribution in [0.3, 0.4) is 0 Å². The number of aromatic nitrogens is 1. The summed E-state index contributed by atoms with van der Waals surface area (Å²) >= 11 is 3.11. The van der Waals surface area contributed by atoms with Crippen LogP contribution in [0.4, 0.5) is 0 Å². The molecule has 2 N–H and O–H groups in total. The van der Waals surface area contributed by atoms with E-state index in [4.69, 9.17) is 9.52 Å². The molecule has 14 heavy (non-hydrogen) atoms. The van der Waals surface area contributed by atoms with Gasteiger partial charge in [-0.2, -0.15) is 0 Å². The standard InChI is InChI=1S/C8H4BrNO4/c9-4-1-3(7(11)12)2-5-6(4)14-8(13)10-5/h1-2H,(H,10,13)(H,11,12). The number of oxazole rings is 1. The van der Waals surface area contributed by atoms with Crippen molar-refractivity contribution < 1.29 is 14.3 Å². The van der Waals surface area contributed by atoms with Crippen molar-refractivity contribution in [1.82, 2.24) is 4.98 Å². The third-order valence-corrected chi connectivity index (χ3v) is 2.31. The Bertz CT molecular complexity index is 568. The molecule has 0 saturated heterocycles. The molecule has 0 atom stereocenters. The van der Waals surface area contributed by atoms with Gasteiger partial charge in [0.05, 0.1) is 15.6 Å². The smallest absolute Gasteiger partial charge is 0.417 e. The Morgan fingerprint density at radius 1 is 1.50 bits per heavy atom. The number of carbonyl (C=O) groups is 1. The number of aromatic carboxylic acids is 1. The molecule has 0 bridgehead atoms. The third kappa shape index (κ3) is 1.33. The number of carboxylic acid groups (broad SMARTS) is 1. The van der Waals surface area contributed by atoms with Crippen LogP contribution in [0.15, 0.2) is 25.8 Å². The zero-order valence-corrected chi connectivity index (χ0v) is 8.29.